The molecule has 3 rings (SSSR count). The van der Waals surface area contributed by atoms with E-state index in [9.17, 15) is 19.2 Å². The molecule has 0 spiro atoms. The van der Waals surface area contributed by atoms with Crippen LogP contribution in [0.5, 0.6) is 0 Å². The fourth-order valence-electron chi connectivity index (χ4n) is 3.24. The van der Waals surface area contributed by atoms with E-state index in [0.717, 1.165) is 4.57 Å². The summed E-state index contributed by atoms with van der Waals surface area (Å²) < 4.78 is 2.16. The zero-order valence-electron chi connectivity index (χ0n) is 24.9. The second kappa shape index (κ2) is 17.8. The van der Waals surface area contributed by atoms with Crippen molar-refractivity contribution in [1.82, 2.24) is 14.0 Å². The lowest BCUT2D eigenvalue weighted by atomic mass is 10.1. The van der Waals surface area contributed by atoms with Crippen molar-refractivity contribution in [3.63, 3.8) is 0 Å². The summed E-state index contributed by atoms with van der Waals surface area (Å²) in [6, 6.07) is 4.73. The SMILES string of the molecule is CC.CC.CC.CC.CNc1c(N=Nc2cccc3c2C(=O)N(CC(C)C)C3=O)c(=O)n(C)c(=O)n1C. The standard InChI is InChI=1S/C19H22N6O4.4C2H6/c1-10(2)9-25-16(26)11-7-6-8-12(13(11)17(25)27)21-22-14-15(20-3)23(4)19(29)24(5)18(14)28;4*1-2/h6-8,10,20H,9H2,1-5H3;4*1-2H3. The second-order valence-corrected chi connectivity index (χ2v) is 7.17. The number of aromatic nitrogens is 2. The van der Waals surface area contributed by atoms with Crippen LogP contribution in [0, 0.1) is 5.92 Å². The minimum atomic E-state index is -0.627. The third-order valence-corrected chi connectivity index (χ3v) is 4.66. The van der Waals surface area contributed by atoms with Gasteiger partial charge in [0, 0.05) is 27.7 Å². The third-order valence-electron chi connectivity index (χ3n) is 4.66. The van der Waals surface area contributed by atoms with E-state index in [4.69, 9.17) is 0 Å². The molecule has 0 unspecified atom stereocenters. The molecular formula is C27H46N6O4. The van der Waals surface area contributed by atoms with Gasteiger partial charge in [0.05, 0.1) is 16.8 Å². The molecule has 0 atom stereocenters. The summed E-state index contributed by atoms with van der Waals surface area (Å²) in [7, 11) is 4.40. The molecule has 37 heavy (non-hydrogen) atoms. The molecule has 0 saturated carbocycles. The molecule has 2 aromatic rings. The van der Waals surface area contributed by atoms with Crippen molar-refractivity contribution in [3.8, 4) is 0 Å². The Morgan fingerprint density at radius 3 is 1.84 bits per heavy atom. The number of carbonyl (C=O) groups is 2. The Labute approximate surface area is 221 Å². The zero-order chi connectivity index (χ0) is 29.5. The van der Waals surface area contributed by atoms with Gasteiger partial charge in [-0.1, -0.05) is 75.3 Å². The van der Waals surface area contributed by atoms with Gasteiger partial charge in [-0.25, -0.2) is 4.79 Å². The highest BCUT2D eigenvalue weighted by Gasteiger charge is 2.37. The topological polar surface area (TPSA) is 118 Å². The number of benzene rings is 1. The van der Waals surface area contributed by atoms with Crippen molar-refractivity contribution in [1.29, 1.82) is 0 Å². The van der Waals surface area contributed by atoms with Crippen LogP contribution >= 0.6 is 0 Å². The first kappa shape index (κ1) is 35.6. The fourth-order valence-corrected chi connectivity index (χ4v) is 3.24. The summed E-state index contributed by atoms with van der Waals surface area (Å²) in [4.78, 5) is 51.1. The third kappa shape index (κ3) is 7.96. The van der Waals surface area contributed by atoms with Gasteiger partial charge in [0.2, 0.25) is 0 Å². The predicted octanol–water partition coefficient (Wildman–Crippen LogP) is 5.90. The van der Waals surface area contributed by atoms with Crippen molar-refractivity contribution in [2.24, 2.45) is 30.2 Å². The number of rotatable bonds is 5. The molecule has 0 radical (unpaired) electrons. The van der Waals surface area contributed by atoms with Gasteiger partial charge < -0.3 is 5.32 Å². The van der Waals surface area contributed by atoms with Gasteiger partial charge in [-0.15, -0.1) is 10.2 Å². The van der Waals surface area contributed by atoms with E-state index in [0.29, 0.717) is 6.54 Å². The first-order chi connectivity index (χ1) is 17.7. The van der Waals surface area contributed by atoms with Crippen LogP contribution in [0.2, 0.25) is 0 Å². The van der Waals surface area contributed by atoms with Crippen LogP contribution in [0.25, 0.3) is 0 Å². The quantitative estimate of drug-likeness (QED) is 0.391. The summed E-state index contributed by atoms with van der Waals surface area (Å²) in [5, 5.41) is 10.9. The van der Waals surface area contributed by atoms with Crippen molar-refractivity contribution in [2.75, 3.05) is 18.9 Å². The van der Waals surface area contributed by atoms with E-state index in [-0.39, 0.29) is 40.1 Å². The number of amides is 2. The molecular weight excluding hydrogens is 472 g/mol. The number of nitrogens with zero attached hydrogens (tertiary/aromatic N) is 5. The molecule has 10 heteroatoms. The van der Waals surface area contributed by atoms with E-state index in [1.807, 2.05) is 69.2 Å². The molecule has 1 aliphatic heterocycles. The molecule has 1 aliphatic rings. The monoisotopic (exact) mass is 518 g/mol. The maximum Gasteiger partial charge on any atom is 0.332 e. The molecule has 1 N–H and O–H groups in total. The summed E-state index contributed by atoms with van der Waals surface area (Å²) in [6.07, 6.45) is 0. The number of hydrogen-bond acceptors (Lipinski definition) is 7. The van der Waals surface area contributed by atoms with Gasteiger partial charge in [-0.2, -0.15) is 0 Å². The van der Waals surface area contributed by atoms with E-state index >= 15 is 0 Å². The normalized spacial score (nSPS) is 11.4. The molecule has 0 bridgehead atoms. The first-order valence-corrected chi connectivity index (χ1v) is 13.1. The lowest BCUT2D eigenvalue weighted by Crippen LogP contribution is -2.37. The van der Waals surface area contributed by atoms with Crippen LogP contribution in [0.3, 0.4) is 0 Å². The largest absolute Gasteiger partial charge is 0.372 e. The summed E-state index contributed by atoms with van der Waals surface area (Å²) in [5.74, 6) is -0.493. The van der Waals surface area contributed by atoms with Crippen molar-refractivity contribution < 1.29 is 9.59 Å². The van der Waals surface area contributed by atoms with Crippen LogP contribution < -0.4 is 16.6 Å². The molecule has 10 nitrogen and oxygen atoms in total. The highest BCUT2D eigenvalue weighted by molar-refractivity contribution is 6.23. The predicted molar refractivity (Wildman–Crippen MR) is 153 cm³/mol. The van der Waals surface area contributed by atoms with Gasteiger partial charge in [-0.05, 0) is 18.1 Å². The maximum absolute atomic E-state index is 12.8. The van der Waals surface area contributed by atoms with Crippen LogP contribution in [0.15, 0.2) is 38.0 Å². The Morgan fingerprint density at radius 1 is 0.811 bits per heavy atom. The Kier molecular flexibility index (Phi) is 17.1. The smallest absolute Gasteiger partial charge is 0.332 e. The van der Waals surface area contributed by atoms with Gasteiger partial charge in [0.1, 0.15) is 5.82 Å². The first-order valence-electron chi connectivity index (χ1n) is 13.1. The van der Waals surface area contributed by atoms with E-state index in [2.05, 4.69) is 15.5 Å². The molecule has 2 heterocycles. The average molecular weight is 519 g/mol. The minimum Gasteiger partial charge on any atom is -0.372 e. The number of imide groups is 1. The highest BCUT2D eigenvalue weighted by atomic mass is 16.2. The van der Waals surface area contributed by atoms with E-state index in [1.165, 1.54) is 23.6 Å². The number of azo groups is 1. The highest BCUT2D eigenvalue weighted by Crippen LogP contribution is 2.33. The van der Waals surface area contributed by atoms with Crippen LogP contribution in [0.1, 0.15) is 90.0 Å². The number of carbonyl (C=O) groups excluding carboxylic acids is 2. The summed E-state index contributed by atoms with van der Waals surface area (Å²) in [5.41, 5.74) is -0.610. The molecule has 0 aliphatic carbocycles. The van der Waals surface area contributed by atoms with Crippen LogP contribution in [0.4, 0.5) is 17.2 Å². The van der Waals surface area contributed by atoms with Gasteiger partial charge in [0.25, 0.3) is 17.4 Å². The zero-order valence-corrected chi connectivity index (χ0v) is 24.9. The lowest BCUT2D eigenvalue weighted by molar-refractivity contribution is 0.0636. The number of hydrogen-bond donors (Lipinski definition) is 1. The van der Waals surface area contributed by atoms with Gasteiger partial charge in [-0.3, -0.25) is 28.4 Å². The van der Waals surface area contributed by atoms with Crippen molar-refractivity contribution in [3.05, 3.63) is 50.2 Å². The van der Waals surface area contributed by atoms with E-state index < -0.39 is 17.2 Å². The molecule has 1 aromatic heterocycles. The second-order valence-electron chi connectivity index (χ2n) is 7.17. The Balaban J connectivity index is 0. The lowest BCUT2D eigenvalue weighted by Gasteiger charge is -2.15. The Bertz CT molecular complexity index is 1160. The van der Waals surface area contributed by atoms with E-state index in [1.54, 1.807) is 25.2 Å². The average Bonchev–Trinajstić information content (AvgIpc) is 3.18. The van der Waals surface area contributed by atoms with Gasteiger partial charge >= 0.3 is 5.69 Å². The molecule has 2 amide bonds. The minimum absolute atomic E-state index is 0.0782. The van der Waals surface area contributed by atoms with Crippen LogP contribution in [-0.4, -0.2) is 39.4 Å². The summed E-state index contributed by atoms with van der Waals surface area (Å²) in [6.45, 7) is 20.1. The summed E-state index contributed by atoms with van der Waals surface area (Å²) >= 11 is 0. The number of nitrogens with one attached hydrogen (secondary N) is 1. The van der Waals surface area contributed by atoms with Crippen molar-refractivity contribution >= 4 is 29.0 Å². The Morgan fingerprint density at radius 2 is 1.35 bits per heavy atom. The fraction of sp³-hybridized carbons (Fsp3) is 0.556. The maximum atomic E-state index is 12.8. The number of fused-ring (bicyclic) bond motifs is 1. The van der Waals surface area contributed by atoms with Gasteiger partial charge in [0.15, 0.2) is 5.69 Å². The number of anilines is 1. The molecule has 0 fully saturated rings. The Hall–Kier alpha value is -3.56. The van der Waals surface area contributed by atoms with Crippen molar-refractivity contribution in [2.45, 2.75) is 69.2 Å². The molecule has 1 aromatic carbocycles. The molecule has 208 valence electrons. The molecule has 0 saturated heterocycles. The van der Waals surface area contributed by atoms with Crippen LogP contribution in [-0.2, 0) is 14.1 Å².